The molecule has 2 aromatic heterocycles. The van der Waals surface area contributed by atoms with E-state index in [9.17, 15) is 31.5 Å². The number of aromatic nitrogens is 3. The number of amides is 3. The number of ether oxygens (including phenoxy) is 1. The zero-order valence-corrected chi connectivity index (χ0v) is 23.8. The first kappa shape index (κ1) is 30.7. The lowest BCUT2D eigenvalue weighted by Crippen LogP contribution is -2.40. The van der Waals surface area contributed by atoms with Crippen molar-refractivity contribution in [2.45, 2.75) is 75.7 Å². The van der Waals surface area contributed by atoms with Crippen LogP contribution in [0.15, 0.2) is 28.7 Å². The number of halogens is 5. The van der Waals surface area contributed by atoms with Gasteiger partial charge in [-0.3, -0.25) is 9.48 Å². The number of fused-ring (bicyclic) bond motifs is 1. The van der Waals surface area contributed by atoms with Crippen molar-refractivity contribution >= 4 is 23.0 Å². The monoisotopic (exact) mass is 612 g/mol. The van der Waals surface area contributed by atoms with Crippen molar-refractivity contribution in [3.8, 4) is 0 Å². The molecule has 1 aliphatic carbocycles. The Morgan fingerprint density at radius 3 is 2.60 bits per heavy atom. The van der Waals surface area contributed by atoms with Crippen LogP contribution >= 0.6 is 0 Å². The van der Waals surface area contributed by atoms with Crippen molar-refractivity contribution in [1.82, 2.24) is 25.0 Å². The molecule has 3 N–H and O–H groups in total. The molecular weight excluding hydrogens is 579 g/mol. The van der Waals surface area contributed by atoms with E-state index in [1.807, 2.05) is 19.2 Å². The second-order valence-corrected chi connectivity index (χ2v) is 11.5. The van der Waals surface area contributed by atoms with Crippen LogP contribution in [-0.4, -0.2) is 70.0 Å². The van der Waals surface area contributed by atoms with E-state index in [1.54, 1.807) is 18.2 Å². The third-order valence-electron chi connectivity index (χ3n) is 8.08. The van der Waals surface area contributed by atoms with Gasteiger partial charge in [0.2, 0.25) is 11.8 Å². The molecule has 3 amide bonds. The molecule has 2 aliphatic rings. The van der Waals surface area contributed by atoms with E-state index < -0.39 is 60.9 Å². The topological polar surface area (TPSA) is 129 Å². The Bertz CT molecular complexity index is 1500. The molecule has 0 spiro atoms. The number of hydrogen-bond donors (Lipinski definition) is 2. The quantitative estimate of drug-likeness (QED) is 0.316. The molecule has 1 aliphatic heterocycles. The minimum absolute atomic E-state index is 0.0868. The van der Waals surface area contributed by atoms with Gasteiger partial charge in [-0.1, -0.05) is 6.07 Å². The summed E-state index contributed by atoms with van der Waals surface area (Å²) in [4.78, 5) is 30.4. The lowest BCUT2D eigenvalue weighted by molar-refractivity contribution is -0.150. The standard InChI is InChI=1S/C28H33F5N6O4/c1-14(2)39-19(24(34)40)10-18(37-39)23(16-5-4-8-27(29,30)11-16)25-35-17-9-15(6-7-21(17)43-25)20(13-42-3)38-12-22(28(31,32)33)36-26(38)41/h6-7,9-10,14,16,20,22-23H,4-5,8,11-13H2,1-3H3,(H2,34,40)(H,36,41). The number of methoxy groups -OCH3 is 1. The maximum atomic E-state index is 14.6. The Labute approximate surface area is 243 Å². The minimum atomic E-state index is -4.62. The predicted octanol–water partition coefficient (Wildman–Crippen LogP) is 5.31. The van der Waals surface area contributed by atoms with Gasteiger partial charge in [-0.05, 0) is 56.4 Å². The van der Waals surface area contributed by atoms with E-state index in [2.05, 4.69) is 10.1 Å². The van der Waals surface area contributed by atoms with Gasteiger partial charge in [0.05, 0.1) is 30.8 Å². The summed E-state index contributed by atoms with van der Waals surface area (Å²) < 4.78 is 82.0. The molecule has 1 saturated carbocycles. The fourth-order valence-electron chi connectivity index (χ4n) is 6.05. The lowest BCUT2D eigenvalue weighted by atomic mass is 9.76. The van der Waals surface area contributed by atoms with Gasteiger partial charge in [0.15, 0.2) is 5.58 Å². The summed E-state index contributed by atoms with van der Waals surface area (Å²) in [5.41, 5.74) is 7.10. The number of hydrogen-bond acceptors (Lipinski definition) is 6. The van der Waals surface area contributed by atoms with Gasteiger partial charge in [-0.2, -0.15) is 18.3 Å². The highest BCUT2D eigenvalue weighted by Gasteiger charge is 2.49. The van der Waals surface area contributed by atoms with Crippen molar-refractivity contribution in [1.29, 1.82) is 0 Å². The second-order valence-electron chi connectivity index (χ2n) is 11.5. The summed E-state index contributed by atoms with van der Waals surface area (Å²) in [5.74, 6) is -4.94. The second kappa shape index (κ2) is 11.4. The van der Waals surface area contributed by atoms with Crippen molar-refractivity contribution in [3.63, 3.8) is 0 Å². The smallest absolute Gasteiger partial charge is 0.410 e. The number of primary amides is 1. The normalized spacial score (nSPS) is 22.3. The number of nitrogens with one attached hydrogen (secondary N) is 1. The van der Waals surface area contributed by atoms with Gasteiger partial charge >= 0.3 is 12.2 Å². The lowest BCUT2D eigenvalue weighted by Gasteiger charge is -2.32. The Balaban J connectivity index is 1.55. The van der Waals surface area contributed by atoms with Crippen LogP contribution in [0.4, 0.5) is 26.7 Å². The van der Waals surface area contributed by atoms with E-state index >= 15 is 0 Å². The number of carbonyl (C=O) groups is 2. The van der Waals surface area contributed by atoms with Crippen molar-refractivity contribution < 1.29 is 40.7 Å². The zero-order valence-electron chi connectivity index (χ0n) is 23.8. The fraction of sp³-hybridized carbons (Fsp3) is 0.571. The fourth-order valence-corrected chi connectivity index (χ4v) is 6.05. The molecule has 4 unspecified atom stereocenters. The third-order valence-corrected chi connectivity index (χ3v) is 8.08. The third kappa shape index (κ3) is 6.17. The van der Waals surface area contributed by atoms with Gasteiger partial charge in [0.25, 0.3) is 5.91 Å². The number of rotatable bonds is 9. The number of oxazole rings is 1. The molecule has 3 heterocycles. The maximum Gasteiger partial charge on any atom is 0.410 e. The summed E-state index contributed by atoms with van der Waals surface area (Å²) in [6.45, 7) is 2.93. The molecule has 2 fully saturated rings. The van der Waals surface area contributed by atoms with Crippen molar-refractivity contribution in [2.24, 2.45) is 11.7 Å². The van der Waals surface area contributed by atoms with Gasteiger partial charge in [0, 0.05) is 26.0 Å². The Kier molecular flexibility index (Phi) is 8.13. The number of carbonyl (C=O) groups excluding carboxylic acids is 2. The van der Waals surface area contributed by atoms with Crippen LogP contribution in [0.5, 0.6) is 0 Å². The summed E-state index contributed by atoms with van der Waals surface area (Å²) in [7, 11) is 1.37. The molecule has 1 aromatic carbocycles. The van der Waals surface area contributed by atoms with E-state index in [-0.39, 0.29) is 37.1 Å². The number of nitrogens with zero attached hydrogens (tertiary/aromatic N) is 4. The molecule has 0 bridgehead atoms. The summed E-state index contributed by atoms with van der Waals surface area (Å²) in [6.07, 6.45) is -4.55. The molecule has 0 radical (unpaired) electrons. The van der Waals surface area contributed by atoms with E-state index in [0.717, 1.165) is 4.90 Å². The van der Waals surface area contributed by atoms with Gasteiger partial charge in [-0.25, -0.2) is 18.6 Å². The molecule has 10 nitrogen and oxygen atoms in total. The van der Waals surface area contributed by atoms with Crippen molar-refractivity contribution in [2.75, 3.05) is 20.3 Å². The largest absolute Gasteiger partial charge is 0.440 e. The number of benzene rings is 1. The summed E-state index contributed by atoms with van der Waals surface area (Å²) in [6, 6.07) is 2.21. The van der Waals surface area contributed by atoms with Crippen LogP contribution in [0.2, 0.25) is 0 Å². The number of alkyl halides is 5. The van der Waals surface area contributed by atoms with Crippen molar-refractivity contribution in [3.05, 3.63) is 47.1 Å². The average Bonchev–Trinajstić information content (AvgIpc) is 3.63. The van der Waals surface area contributed by atoms with Crippen LogP contribution in [0, 0.1) is 5.92 Å². The minimum Gasteiger partial charge on any atom is -0.440 e. The summed E-state index contributed by atoms with van der Waals surface area (Å²) in [5, 5.41) is 6.53. The Hall–Kier alpha value is -3.75. The van der Waals surface area contributed by atoms with E-state index in [1.165, 1.54) is 17.9 Å². The van der Waals surface area contributed by atoms with Gasteiger partial charge in [0.1, 0.15) is 17.3 Å². The van der Waals surface area contributed by atoms with Crippen LogP contribution in [0.3, 0.4) is 0 Å². The highest BCUT2D eigenvalue weighted by molar-refractivity contribution is 5.91. The highest BCUT2D eigenvalue weighted by atomic mass is 19.4. The number of nitrogens with two attached hydrogens (primary N) is 1. The first-order chi connectivity index (χ1) is 20.2. The average molecular weight is 613 g/mol. The number of urea groups is 1. The molecule has 15 heteroatoms. The van der Waals surface area contributed by atoms with Crippen LogP contribution < -0.4 is 11.1 Å². The highest BCUT2D eigenvalue weighted by Crippen LogP contribution is 2.46. The molecule has 43 heavy (non-hydrogen) atoms. The molecule has 234 valence electrons. The van der Waals surface area contributed by atoms with Crippen LogP contribution in [0.25, 0.3) is 11.1 Å². The molecule has 3 aromatic rings. The first-order valence-electron chi connectivity index (χ1n) is 14.0. The van der Waals surface area contributed by atoms with E-state index in [0.29, 0.717) is 28.8 Å². The summed E-state index contributed by atoms with van der Waals surface area (Å²) >= 11 is 0. The maximum absolute atomic E-state index is 14.6. The molecule has 4 atom stereocenters. The SMILES string of the molecule is COCC(c1ccc2oc(C(c3cc(C(N)=O)n(C(C)C)n3)C3CCCC(F)(F)C3)nc2c1)N1CC(C(F)(F)F)NC1=O. The Morgan fingerprint density at radius 1 is 1.28 bits per heavy atom. The van der Waals surface area contributed by atoms with Crippen LogP contribution in [0.1, 0.15) is 85.2 Å². The first-order valence-corrected chi connectivity index (χ1v) is 14.0. The molecule has 1 saturated heterocycles. The van der Waals surface area contributed by atoms with E-state index in [4.69, 9.17) is 14.9 Å². The molecule has 5 rings (SSSR count). The van der Waals surface area contributed by atoms with Gasteiger partial charge in [-0.15, -0.1) is 0 Å². The van der Waals surface area contributed by atoms with Gasteiger partial charge < -0.3 is 25.1 Å². The van der Waals surface area contributed by atoms with Crippen LogP contribution in [-0.2, 0) is 4.74 Å². The predicted molar refractivity (Wildman–Crippen MR) is 144 cm³/mol. The Morgan fingerprint density at radius 2 is 2.02 bits per heavy atom. The zero-order chi connectivity index (χ0) is 31.3. The molecular formula is C28H33F5N6O4.